The van der Waals surface area contributed by atoms with Gasteiger partial charge in [0.1, 0.15) is 0 Å². The standard InChI is InChI=1S/C4H10BFO/c1-3-7-4(2)5-6/h4-5H,3H2,1-2H3. The zero-order valence-corrected chi connectivity index (χ0v) is 4.78. The molecule has 42 valence electrons. The smallest absolute Gasteiger partial charge is 0.360 e. The van der Waals surface area contributed by atoms with E-state index in [-0.39, 0.29) is 13.6 Å². The zero-order valence-electron chi connectivity index (χ0n) is 4.78. The Morgan fingerprint density at radius 1 is 1.86 bits per heavy atom. The molecular weight excluding hydrogens is 93.9 g/mol. The second-order valence-electron chi connectivity index (χ2n) is 1.42. The summed E-state index contributed by atoms with van der Waals surface area (Å²) >= 11 is 0. The Bertz CT molecular complexity index is 42.7. The van der Waals surface area contributed by atoms with Crippen molar-refractivity contribution in [3.63, 3.8) is 0 Å². The fourth-order valence-electron chi connectivity index (χ4n) is 0.329. The molecule has 0 aliphatic heterocycles. The number of ether oxygens (including phenoxy) is 1. The first-order chi connectivity index (χ1) is 3.31. The Hall–Kier alpha value is -0.0451. The van der Waals surface area contributed by atoms with Crippen molar-refractivity contribution < 1.29 is 9.05 Å². The number of halogens is 1. The van der Waals surface area contributed by atoms with Crippen LogP contribution in [-0.4, -0.2) is 20.2 Å². The summed E-state index contributed by atoms with van der Waals surface area (Å²) in [6.45, 7) is 4.17. The highest BCUT2D eigenvalue weighted by atomic mass is 19.1. The van der Waals surface area contributed by atoms with E-state index in [9.17, 15) is 4.32 Å². The molecular formula is C4H10BFO. The first-order valence-corrected chi connectivity index (χ1v) is 2.48. The van der Waals surface area contributed by atoms with Crippen LogP contribution in [-0.2, 0) is 4.74 Å². The molecule has 0 aromatic carbocycles. The van der Waals surface area contributed by atoms with Gasteiger partial charge < -0.3 is 9.05 Å². The molecule has 0 heterocycles. The summed E-state index contributed by atoms with van der Waals surface area (Å²) in [6, 6.07) is -0.218. The maximum Gasteiger partial charge on any atom is 0.360 e. The number of rotatable bonds is 3. The van der Waals surface area contributed by atoms with Gasteiger partial charge in [0.05, 0.1) is 6.00 Å². The molecule has 0 saturated carbocycles. The Labute approximate surface area is 44.1 Å². The fraction of sp³-hybridized carbons (Fsp3) is 1.00. The predicted molar refractivity (Wildman–Crippen MR) is 29.3 cm³/mol. The van der Waals surface area contributed by atoms with Crippen LogP contribution in [0.2, 0.25) is 0 Å². The second kappa shape index (κ2) is 4.12. The van der Waals surface area contributed by atoms with E-state index in [1.807, 2.05) is 6.92 Å². The van der Waals surface area contributed by atoms with Crippen LogP contribution in [0.3, 0.4) is 0 Å². The summed E-state index contributed by atoms with van der Waals surface area (Å²) in [5.41, 5.74) is 0. The van der Waals surface area contributed by atoms with Gasteiger partial charge in [-0.2, -0.15) is 0 Å². The van der Waals surface area contributed by atoms with Crippen LogP contribution in [0.5, 0.6) is 0 Å². The van der Waals surface area contributed by atoms with E-state index in [2.05, 4.69) is 0 Å². The fourth-order valence-corrected chi connectivity index (χ4v) is 0.329. The lowest BCUT2D eigenvalue weighted by Crippen LogP contribution is -2.12. The van der Waals surface area contributed by atoms with Gasteiger partial charge in [-0.05, 0) is 13.8 Å². The molecule has 0 aliphatic rings. The molecule has 0 spiro atoms. The van der Waals surface area contributed by atoms with Gasteiger partial charge in [-0.25, -0.2) is 0 Å². The Kier molecular flexibility index (Phi) is 4.10. The van der Waals surface area contributed by atoms with Crippen LogP contribution in [0.1, 0.15) is 13.8 Å². The molecule has 3 heteroatoms. The summed E-state index contributed by atoms with van der Waals surface area (Å²) in [7, 11) is -0.381. The minimum absolute atomic E-state index is 0.218. The van der Waals surface area contributed by atoms with E-state index in [4.69, 9.17) is 4.74 Å². The molecule has 0 fully saturated rings. The van der Waals surface area contributed by atoms with Crippen molar-refractivity contribution in [1.29, 1.82) is 0 Å². The van der Waals surface area contributed by atoms with E-state index in [1.54, 1.807) is 6.92 Å². The van der Waals surface area contributed by atoms with Crippen LogP contribution in [0.15, 0.2) is 0 Å². The normalized spacial score (nSPS) is 13.6. The van der Waals surface area contributed by atoms with Gasteiger partial charge in [0.15, 0.2) is 0 Å². The van der Waals surface area contributed by atoms with E-state index >= 15 is 0 Å². The highest BCUT2D eigenvalue weighted by molar-refractivity contribution is 6.27. The van der Waals surface area contributed by atoms with Crippen LogP contribution in [0, 0.1) is 0 Å². The summed E-state index contributed by atoms with van der Waals surface area (Å²) in [5.74, 6) is 0. The molecule has 0 N–H and O–H groups in total. The Morgan fingerprint density at radius 3 is 2.57 bits per heavy atom. The highest BCUT2D eigenvalue weighted by Gasteiger charge is 1.99. The number of hydrogen-bond acceptors (Lipinski definition) is 1. The molecule has 7 heavy (non-hydrogen) atoms. The molecule has 0 aromatic heterocycles. The molecule has 0 bridgehead atoms. The lowest BCUT2D eigenvalue weighted by Gasteiger charge is -2.02. The van der Waals surface area contributed by atoms with E-state index in [1.165, 1.54) is 0 Å². The average molecular weight is 104 g/mol. The van der Waals surface area contributed by atoms with Crippen LogP contribution in [0.25, 0.3) is 0 Å². The molecule has 0 amide bonds. The van der Waals surface area contributed by atoms with Crippen molar-refractivity contribution in [2.45, 2.75) is 19.9 Å². The third kappa shape index (κ3) is 3.79. The lowest BCUT2D eigenvalue weighted by atomic mass is 9.97. The summed E-state index contributed by atoms with van der Waals surface area (Å²) in [6.07, 6.45) is 0. The maximum atomic E-state index is 11.4. The second-order valence-corrected chi connectivity index (χ2v) is 1.42. The minimum Gasteiger partial charge on any atom is -0.384 e. The van der Waals surface area contributed by atoms with E-state index < -0.39 is 0 Å². The molecule has 0 saturated heterocycles. The van der Waals surface area contributed by atoms with Gasteiger partial charge in [-0.3, -0.25) is 0 Å². The average Bonchev–Trinajstić information content (AvgIpc) is 1.68. The first kappa shape index (κ1) is 6.95. The summed E-state index contributed by atoms with van der Waals surface area (Å²) in [5, 5.41) is 0. The number of hydrogen-bond donors (Lipinski definition) is 0. The molecule has 1 nitrogen and oxygen atoms in total. The molecule has 1 atom stereocenters. The largest absolute Gasteiger partial charge is 0.384 e. The van der Waals surface area contributed by atoms with E-state index in [0.717, 1.165) is 0 Å². The van der Waals surface area contributed by atoms with Crippen LogP contribution in [0.4, 0.5) is 4.32 Å². The molecule has 0 aromatic rings. The molecule has 1 unspecified atom stereocenters. The quantitative estimate of drug-likeness (QED) is 0.478. The third-order valence-corrected chi connectivity index (χ3v) is 0.668. The topological polar surface area (TPSA) is 9.23 Å². The zero-order chi connectivity index (χ0) is 5.70. The first-order valence-electron chi connectivity index (χ1n) is 2.48. The lowest BCUT2D eigenvalue weighted by molar-refractivity contribution is 0.125. The van der Waals surface area contributed by atoms with Crippen molar-refractivity contribution in [3.8, 4) is 0 Å². The van der Waals surface area contributed by atoms with Gasteiger partial charge in [-0.1, -0.05) is 0 Å². The summed E-state index contributed by atoms with van der Waals surface area (Å²) in [4.78, 5) is 0. The van der Waals surface area contributed by atoms with Gasteiger partial charge in [0.25, 0.3) is 0 Å². The van der Waals surface area contributed by atoms with Crippen molar-refractivity contribution in [3.05, 3.63) is 0 Å². The monoisotopic (exact) mass is 104 g/mol. The SMILES string of the molecule is CCOC(C)BF. The Balaban J connectivity index is 2.83. The van der Waals surface area contributed by atoms with Gasteiger partial charge >= 0.3 is 7.56 Å². The van der Waals surface area contributed by atoms with Crippen molar-refractivity contribution in [2.75, 3.05) is 6.61 Å². The third-order valence-electron chi connectivity index (χ3n) is 0.668. The van der Waals surface area contributed by atoms with Crippen molar-refractivity contribution in [1.82, 2.24) is 0 Å². The predicted octanol–water partition coefficient (Wildman–Crippen LogP) is 0.690. The molecule has 0 radical (unpaired) electrons. The molecule has 0 aliphatic carbocycles. The minimum atomic E-state index is -0.381. The van der Waals surface area contributed by atoms with E-state index in [0.29, 0.717) is 6.61 Å². The maximum absolute atomic E-state index is 11.4. The van der Waals surface area contributed by atoms with Crippen LogP contribution >= 0.6 is 0 Å². The van der Waals surface area contributed by atoms with Gasteiger partial charge in [0, 0.05) is 6.61 Å². The molecule has 0 rings (SSSR count). The van der Waals surface area contributed by atoms with Gasteiger partial charge in [0.2, 0.25) is 0 Å². The Morgan fingerprint density at radius 2 is 2.43 bits per heavy atom. The van der Waals surface area contributed by atoms with Gasteiger partial charge in [-0.15, -0.1) is 0 Å². The van der Waals surface area contributed by atoms with Crippen LogP contribution < -0.4 is 0 Å². The van der Waals surface area contributed by atoms with Crippen molar-refractivity contribution in [2.24, 2.45) is 0 Å². The highest BCUT2D eigenvalue weighted by Crippen LogP contribution is 1.85. The summed E-state index contributed by atoms with van der Waals surface area (Å²) < 4.78 is 16.3. The van der Waals surface area contributed by atoms with Crippen molar-refractivity contribution >= 4 is 7.56 Å².